The van der Waals surface area contributed by atoms with Crippen LogP contribution in [-0.4, -0.2) is 48.9 Å². The van der Waals surface area contributed by atoms with E-state index in [4.69, 9.17) is 4.74 Å². The largest absolute Gasteiger partial charge is 0.446 e. The first-order valence-corrected chi connectivity index (χ1v) is 16.7. The van der Waals surface area contributed by atoms with Gasteiger partial charge in [-0.3, -0.25) is 14.9 Å². The first-order chi connectivity index (χ1) is 23.0. The van der Waals surface area contributed by atoms with Crippen LogP contribution in [0.4, 0.5) is 16.2 Å². The molecule has 0 aliphatic heterocycles. The predicted octanol–water partition coefficient (Wildman–Crippen LogP) is 8.55. The molecule has 0 heterocycles. The molecule has 7 heteroatoms. The number of anilines is 2. The molecule has 0 unspecified atom stereocenters. The number of nitrogens with one attached hydrogen (secondary N) is 2. The summed E-state index contributed by atoms with van der Waals surface area (Å²) in [5.74, 6) is -0.0835. The van der Waals surface area contributed by atoms with Crippen LogP contribution < -0.4 is 10.6 Å². The molecule has 0 atom stereocenters. The van der Waals surface area contributed by atoms with Crippen LogP contribution in [0.1, 0.15) is 66.4 Å². The van der Waals surface area contributed by atoms with Gasteiger partial charge in [0.15, 0.2) is 0 Å². The monoisotopic (exact) mass is 631 g/mol. The molecule has 5 rings (SSSR count). The number of aldehydes is 1. The Bertz CT molecular complexity index is 1580. The van der Waals surface area contributed by atoms with Crippen LogP contribution in [0.3, 0.4) is 0 Å². The molecule has 1 aliphatic carbocycles. The Morgan fingerprint density at radius 1 is 0.787 bits per heavy atom. The Kier molecular flexibility index (Phi) is 12.3. The van der Waals surface area contributed by atoms with Crippen molar-refractivity contribution in [3.8, 4) is 11.1 Å². The third kappa shape index (κ3) is 10.4. The smallest absolute Gasteiger partial charge is 0.411 e. The molecule has 1 aliphatic rings. The second kappa shape index (κ2) is 17.2. The summed E-state index contributed by atoms with van der Waals surface area (Å²) in [5, 5.41) is 5.92. The van der Waals surface area contributed by atoms with Crippen molar-refractivity contribution in [3.63, 3.8) is 0 Å². The quantitative estimate of drug-likeness (QED) is 0.136. The zero-order valence-corrected chi connectivity index (χ0v) is 27.2. The fourth-order valence-electron chi connectivity index (χ4n) is 6.30. The van der Waals surface area contributed by atoms with Gasteiger partial charge < -0.3 is 15.0 Å². The van der Waals surface area contributed by atoms with Crippen LogP contribution in [0.2, 0.25) is 0 Å². The Hall–Kier alpha value is -4.75. The first-order valence-electron chi connectivity index (χ1n) is 16.7. The molecule has 1 saturated carbocycles. The van der Waals surface area contributed by atoms with E-state index in [0.717, 1.165) is 68.0 Å². The van der Waals surface area contributed by atoms with E-state index in [1.807, 2.05) is 48.5 Å². The van der Waals surface area contributed by atoms with Gasteiger partial charge in [-0.2, -0.15) is 0 Å². The van der Waals surface area contributed by atoms with Crippen molar-refractivity contribution >= 4 is 29.7 Å². The Morgan fingerprint density at radius 2 is 1.47 bits per heavy atom. The number of benzene rings is 4. The zero-order chi connectivity index (χ0) is 32.8. The van der Waals surface area contributed by atoms with Crippen molar-refractivity contribution in [1.29, 1.82) is 0 Å². The lowest BCUT2D eigenvalue weighted by molar-refractivity contribution is -0.116. The summed E-state index contributed by atoms with van der Waals surface area (Å²) in [7, 11) is 2.21. The minimum Gasteiger partial charge on any atom is -0.446 e. The van der Waals surface area contributed by atoms with Crippen molar-refractivity contribution in [3.05, 3.63) is 120 Å². The number of carbonyl (C=O) groups is 3. The standard InChI is InChI=1S/C40H45N3O4/c1-43(27-9-13-30-10-4-2-5-11-30)35-22-24-36(25-23-35)47-40(46)42-38-28-31(19-26-37(38)33-14-6-3-7-15-33)12-8-16-39(45)41-34-20-17-32(29-44)18-21-34/h2-7,10-11,14-15,17-21,26,28-29,35-36H,8-9,12-13,16,22-25,27H2,1H3,(H,41,45)(H,42,46). The fraction of sp³-hybridized carbons (Fsp3) is 0.325. The van der Waals surface area contributed by atoms with Crippen LogP contribution in [0.25, 0.3) is 11.1 Å². The lowest BCUT2D eigenvalue weighted by Gasteiger charge is -2.34. The van der Waals surface area contributed by atoms with E-state index in [-0.39, 0.29) is 12.0 Å². The highest BCUT2D eigenvalue weighted by atomic mass is 16.6. The van der Waals surface area contributed by atoms with E-state index >= 15 is 0 Å². The summed E-state index contributed by atoms with van der Waals surface area (Å²) in [6, 6.07) is 34.0. The third-order valence-corrected chi connectivity index (χ3v) is 8.97. The van der Waals surface area contributed by atoms with Crippen LogP contribution in [0.5, 0.6) is 0 Å². The normalized spacial score (nSPS) is 16.0. The van der Waals surface area contributed by atoms with Crippen LogP contribution in [0, 0.1) is 0 Å². The first kappa shape index (κ1) is 33.6. The molecule has 1 fully saturated rings. The van der Waals surface area contributed by atoms with Crippen LogP contribution in [0.15, 0.2) is 103 Å². The third-order valence-electron chi connectivity index (χ3n) is 8.97. The number of nitrogens with zero attached hydrogens (tertiary/aromatic N) is 1. The molecule has 4 aromatic rings. The summed E-state index contributed by atoms with van der Waals surface area (Å²) in [4.78, 5) is 39.0. The molecule has 0 spiro atoms. The van der Waals surface area contributed by atoms with Crippen molar-refractivity contribution in [2.75, 3.05) is 24.2 Å². The molecule has 0 aromatic heterocycles. The van der Waals surface area contributed by atoms with Crippen LogP contribution in [-0.2, 0) is 22.4 Å². The lowest BCUT2D eigenvalue weighted by Crippen LogP contribution is -2.38. The molecule has 0 radical (unpaired) electrons. The maximum absolute atomic E-state index is 13.2. The number of aryl methyl sites for hydroxylation is 2. The summed E-state index contributed by atoms with van der Waals surface area (Å²) in [5.41, 5.74) is 6.26. The van der Waals surface area contributed by atoms with Gasteiger partial charge in [0.2, 0.25) is 5.91 Å². The predicted molar refractivity (Wildman–Crippen MR) is 189 cm³/mol. The van der Waals surface area contributed by atoms with Crippen molar-refractivity contribution in [2.45, 2.75) is 69.9 Å². The number of amides is 2. The van der Waals surface area contributed by atoms with E-state index in [2.05, 4.69) is 52.9 Å². The number of rotatable bonds is 14. The van der Waals surface area contributed by atoms with Gasteiger partial charge >= 0.3 is 6.09 Å². The minimum atomic E-state index is -0.432. The molecule has 2 N–H and O–H groups in total. The Labute approximate surface area is 278 Å². The zero-order valence-electron chi connectivity index (χ0n) is 27.2. The van der Waals surface area contributed by atoms with E-state index in [0.29, 0.717) is 42.2 Å². The van der Waals surface area contributed by atoms with Gasteiger partial charge in [-0.15, -0.1) is 0 Å². The van der Waals surface area contributed by atoms with Gasteiger partial charge in [-0.1, -0.05) is 72.8 Å². The van der Waals surface area contributed by atoms with Crippen molar-refractivity contribution in [1.82, 2.24) is 4.90 Å². The highest BCUT2D eigenvalue weighted by Crippen LogP contribution is 2.31. The highest BCUT2D eigenvalue weighted by molar-refractivity contribution is 5.92. The summed E-state index contributed by atoms with van der Waals surface area (Å²) >= 11 is 0. The van der Waals surface area contributed by atoms with Crippen molar-refractivity contribution < 1.29 is 19.1 Å². The topological polar surface area (TPSA) is 87.7 Å². The van der Waals surface area contributed by atoms with Gasteiger partial charge in [0.05, 0.1) is 5.69 Å². The van der Waals surface area contributed by atoms with Crippen molar-refractivity contribution in [2.24, 2.45) is 0 Å². The highest BCUT2D eigenvalue weighted by Gasteiger charge is 2.26. The van der Waals surface area contributed by atoms with E-state index in [1.54, 1.807) is 24.3 Å². The van der Waals surface area contributed by atoms with Crippen LogP contribution >= 0.6 is 0 Å². The average Bonchev–Trinajstić information content (AvgIpc) is 3.10. The van der Waals surface area contributed by atoms with E-state index < -0.39 is 6.09 Å². The molecular formula is C40H45N3O4. The SMILES string of the molecule is CN(CCCc1ccccc1)C1CCC(OC(=O)Nc2cc(CCCC(=O)Nc3ccc(C=O)cc3)ccc2-c2ccccc2)CC1. The molecule has 2 amide bonds. The second-order valence-corrected chi connectivity index (χ2v) is 12.4. The number of hydrogen-bond acceptors (Lipinski definition) is 5. The fourth-order valence-corrected chi connectivity index (χ4v) is 6.30. The van der Waals surface area contributed by atoms with Gasteiger partial charge in [-0.05, 0) is 112 Å². The number of carbonyl (C=O) groups excluding carboxylic acids is 3. The molecule has 0 saturated heterocycles. The molecule has 0 bridgehead atoms. The van der Waals surface area contributed by atoms with Gasteiger partial charge in [0, 0.05) is 29.3 Å². The maximum Gasteiger partial charge on any atom is 0.411 e. The maximum atomic E-state index is 13.2. The summed E-state index contributed by atoms with van der Waals surface area (Å²) < 4.78 is 5.94. The number of ether oxygens (including phenoxy) is 1. The Morgan fingerprint density at radius 3 is 2.17 bits per heavy atom. The van der Waals surface area contributed by atoms with Gasteiger partial charge in [-0.25, -0.2) is 4.79 Å². The lowest BCUT2D eigenvalue weighted by atomic mass is 9.92. The molecular weight excluding hydrogens is 586 g/mol. The molecule has 7 nitrogen and oxygen atoms in total. The summed E-state index contributed by atoms with van der Waals surface area (Å²) in [6.07, 6.45) is 7.90. The second-order valence-electron chi connectivity index (χ2n) is 12.4. The van der Waals surface area contributed by atoms with Gasteiger partial charge in [0.1, 0.15) is 12.4 Å². The van der Waals surface area contributed by atoms with E-state index in [1.165, 1.54) is 5.56 Å². The molecule has 47 heavy (non-hydrogen) atoms. The minimum absolute atomic E-state index is 0.0835. The molecule has 4 aromatic carbocycles. The van der Waals surface area contributed by atoms with Gasteiger partial charge in [0.25, 0.3) is 0 Å². The number of hydrogen-bond donors (Lipinski definition) is 2. The Balaban J connectivity index is 1.11. The average molecular weight is 632 g/mol. The summed E-state index contributed by atoms with van der Waals surface area (Å²) in [6.45, 7) is 1.06. The molecule has 244 valence electrons. The van der Waals surface area contributed by atoms with E-state index in [9.17, 15) is 14.4 Å².